The number of aromatic nitrogens is 1. The lowest BCUT2D eigenvalue weighted by molar-refractivity contribution is -0.123. The highest BCUT2D eigenvalue weighted by Crippen LogP contribution is 2.22. The van der Waals surface area contributed by atoms with E-state index in [1.807, 2.05) is 6.07 Å². The number of oxazole rings is 1. The van der Waals surface area contributed by atoms with Crippen molar-refractivity contribution in [3.8, 4) is 0 Å². The molecule has 1 aliphatic rings. The van der Waals surface area contributed by atoms with Gasteiger partial charge in [-0.3, -0.25) is 9.36 Å². The van der Waals surface area contributed by atoms with Gasteiger partial charge in [0.1, 0.15) is 0 Å². The van der Waals surface area contributed by atoms with E-state index >= 15 is 0 Å². The molecule has 0 aliphatic carbocycles. The highest BCUT2D eigenvalue weighted by atomic mass is 16.4. The Morgan fingerprint density at radius 3 is 2.84 bits per heavy atom. The second-order valence-corrected chi connectivity index (χ2v) is 4.83. The summed E-state index contributed by atoms with van der Waals surface area (Å²) >= 11 is 0. The van der Waals surface area contributed by atoms with Crippen LogP contribution >= 0.6 is 0 Å². The number of carbonyl (C=O) groups is 1. The molecular formula is C13H15N3O3. The number of hydrogen-bond acceptors (Lipinski definition) is 4. The van der Waals surface area contributed by atoms with Crippen molar-refractivity contribution in [2.24, 2.45) is 13.0 Å². The molecule has 1 aromatic heterocycles. The molecule has 0 saturated carbocycles. The molecule has 0 bridgehead atoms. The quantitative estimate of drug-likeness (QED) is 0.845. The minimum absolute atomic E-state index is 0.0449. The smallest absolute Gasteiger partial charge is 0.408 e. The molecule has 1 fully saturated rings. The maximum absolute atomic E-state index is 12.1. The van der Waals surface area contributed by atoms with Gasteiger partial charge >= 0.3 is 5.76 Å². The molecule has 2 aromatic rings. The van der Waals surface area contributed by atoms with Crippen LogP contribution in [0.4, 0.5) is 5.69 Å². The van der Waals surface area contributed by atoms with Crippen molar-refractivity contribution in [1.29, 1.82) is 0 Å². The maximum atomic E-state index is 12.1. The molecule has 1 saturated heterocycles. The van der Waals surface area contributed by atoms with Crippen molar-refractivity contribution in [2.75, 3.05) is 25.0 Å². The van der Waals surface area contributed by atoms with Gasteiger partial charge in [-0.2, -0.15) is 0 Å². The lowest BCUT2D eigenvalue weighted by Crippen LogP contribution is -2.51. The summed E-state index contributed by atoms with van der Waals surface area (Å²) in [5.74, 6) is -0.274. The van der Waals surface area contributed by atoms with Crippen molar-refractivity contribution in [3.05, 3.63) is 28.7 Å². The SMILES string of the molecule is CN(C(=O)C1CNC1)c1ccc2c(c1)oc(=O)n2C. The number of nitrogens with zero attached hydrogens (tertiary/aromatic N) is 2. The molecule has 1 amide bonds. The van der Waals surface area contributed by atoms with Crippen molar-refractivity contribution in [1.82, 2.24) is 9.88 Å². The fraction of sp³-hybridized carbons (Fsp3) is 0.385. The topological polar surface area (TPSA) is 67.5 Å². The number of hydrogen-bond donors (Lipinski definition) is 1. The van der Waals surface area contributed by atoms with Crippen LogP contribution in [0.5, 0.6) is 0 Å². The van der Waals surface area contributed by atoms with E-state index in [1.54, 1.807) is 31.1 Å². The monoisotopic (exact) mass is 261 g/mol. The molecule has 1 aliphatic heterocycles. The van der Waals surface area contributed by atoms with E-state index in [-0.39, 0.29) is 11.8 Å². The molecule has 2 heterocycles. The number of anilines is 1. The van der Waals surface area contributed by atoms with Gasteiger partial charge in [0.15, 0.2) is 5.58 Å². The van der Waals surface area contributed by atoms with Crippen molar-refractivity contribution < 1.29 is 9.21 Å². The van der Waals surface area contributed by atoms with Gasteiger partial charge in [-0.05, 0) is 12.1 Å². The lowest BCUT2D eigenvalue weighted by atomic mass is 10.0. The molecule has 1 N–H and O–H groups in total. The first-order valence-corrected chi connectivity index (χ1v) is 6.16. The Morgan fingerprint density at radius 1 is 1.47 bits per heavy atom. The summed E-state index contributed by atoms with van der Waals surface area (Å²) in [4.78, 5) is 25.2. The van der Waals surface area contributed by atoms with Gasteiger partial charge < -0.3 is 14.6 Å². The molecule has 100 valence electrons. The Bertz CT molecular complexity index is 697. The molecule has 0 unspecified atom stereocenters. The summed E-state index contributed by atoms with van der Waals surface area (Å²) in [6.07, 6.45) is 0. The first-order valence-electron chi connectivity index (χ1n) is 6.16. The van der Waals surface area contributed by atoms with Crippen molar-refractivity contribution in [3.63, 3.8) is 0 Å². The molecule has 0 radical (unpaired) electrons. The summed E-state index contributed by atoms with van der Waals surface area (Å²) < 4.78 is 6.57. The molecule has 0 spiro atoms. The molecule has 6 heteroatoms. The third kappa shape index (κ3) is 1.84. The highest BCUT2D eigenvalue weighted by molar-refractivity contribution is 5.96. The Balaban J connectivity index is 1.96. The van der Waals surface area contributed by atoms with E-state index in [4.69, 9.17) is 4.42 Å². The Labute approximate surface area is 109 Å². The van der Waals surface area contributed by atoms with Crippen LogP contribution in [-0.2, 0) is 11.8 Å². The fourth-order valence-electron chi connectivity index (χ4n) is 2.20. The molecule has 19 heavy (non-hydrogen) atoms. The fourth-order valence-corrected chi connectivity index (χ4v) is 2.20. The van der Waals surface area contributed by atoms with Crippen LogP contribution in [0.2, 0.25) is 0 Å². The minimum atomic E-state index is -0.399. The Kier molecular flexibility index (Phi) is 2.67. The molecule has 1 aromatic carbocycles. The number of rotatable bonds is 2. The standard InChI is InChI=1S/C13H15N3O3/c1-15(12(17)8-6-14-7-8)9-3-4-10-11(5-9)19-13(18)16(10)2/h3-5,8,14H,6-7H2,1-2H3. The van der Waals surface area contributed by atoms with Crippen LogP contribution in [0.15, 0.2) is 27.4 Å². The van der Waals surface area contributed by atoms with Crippen LogP contribution < -0.4 is 16.0 Å². The van der Waals surface area contributed by atoms with Gasteiger partial charge in [0.25, 0.3) is 0 Å². The van der Waals surface area contributed by atoms with Crippen LogP contribution in [0.25, 0.3) is 11.1 Å². The molecular weight excluding hydrogens is 246 g/mol. The van der Waals surface area contributed by atoms with Crippen molar-refractivity contribution >= 4 is 22.7 Å². The van der Waals surface area contributed by atoms with Gasteiger partial charge in [0, 0.05) is 38.9 Å². The van der Waals surface area contributed by atoms with E-state index in [0.29, 0.717) is 5.58 Å². The van der Waals surface area contributed by atoms with Crippen LogP contribution in [0.3, 0.4) is 0 Å². The normalized spacial score (nSPS) is 15.5. The third-order valence-corrected chi connectivity index (χ3v) is 3.62. The van der Waals surface area contributed by atoms with E-state index in [1.165, 1.54) is 4.57 Å². The first kappa shape index (κ1) is 12.0. The zero-order chi connectivity index (χ0) is 13.6. The Hall–Kier alpha value is -2.08. The average molecular weight is 261 g/mol. The van der Waals surface area contributed by atoms with E-state index in [2.05, 4.69) is 5.32 Å². The summed E-state index contributed by atoms with van der Waals surface area (Å²) in [7, 11) is 3.39. The van der Waals surface area contributed by atoms with E-state index in [0.717, 1.165) is 24.3 Å². The van der Waals surface area contributed by atoms with E-state index in [9.17, 15) is 9.59 Å². The van der Waals surface area contributed by atoms with Gasteiger partial charge in [0.2, 0.25) is 5.91 Å². The van der Waals surface area contributed by atoms with Crippen LogP contribution in [0.1, 0.15) is 0 Å². The van der Waals surface area contributed by atoms with Gasteiger partial charge in [-0.15, -0.1) is 0 Å². The molecule has 6 nitrogen and oxygen atoms in total. The maximum Gasteiger partial charge on any atom is 0.419 e. The lowest BCUT2D eigenvalue weighted by Gasteiger charge is -2.30. The summed E-state index contributed by atoms with van der Waals surface area (Å²) in [6.45, 7) is 1.46. The number of fused-ring (bicyclic) bond motifs is 1. The molecule has 0 atom stereocenters. The first-order chi connectivity index (χ1) is 9.08. The summed E-state index contributed by atoms with van der Waals surface area (Å²) in [5, 5.41) is 3.08. The predicted molar refractivity (Wildman–Crippen MR) is 71.2 cm³/mol. The number of amides is 1. The summed E-state index contributed by atoms with van der Waals surface area (Å²) in [6, 6.07) is 5.33. The zero-order valence-electron chi connectivity index (χ0n) is 10.8. The van der Waals surface area contributed by atoms with Crippen LogP contribution in [0, 0.1) is 5.92 Å². The number of nitrogens with one attached hydrogen (secondary N) is 1. The number of benzene rings is 1. The number of aryl methyl sites for hydroxylation is 1. The van der Waals surface area contributed by atoms with Gasteiger partial charge in [-0.25, -0.2) is 4.79 Å². The zero-order valence-corrected chi connectivity index (χ0v) is 10.8. The third-order valence-electron chi connectivity index (χ3n) is 3.62. The van der Waals surface area contributed by atoms with Gasteiger partial charge in [0.05, 0.1) is 11.4 Å². The van der Waals surface area contributed by atoms with Crippen molar-refractivity contribution in [2.45, 2.75) is 0 Å². The van der Waals surface area contributed by atoms with Crippen LogP contribution in [-0.4, -0.2) is 30.6 Å². The predicted octanol–water partition coefficient (Wildman–Crippen LogP) is 0.314. The van der Waals surface area contributed by atoms with E-state index < -0.39 is 5.76 Å². The minimum Gasteiger partial charge on any atom is -0.408 e. The second-order valence-electron chi connectivity index (χ2n) is 4.83. The number of carbonyl (C=O) groups excluding carboxylic acids is 1. The highest BCUT2D eigenvalue weighted by Gasteiger charge is 2.28. The average Bonchev–Trinajstić information content (AvgIpc) is 2.61. The largest absolute Gasteiger partial charge is 0.419 e. The second kappa shape index (κ2) is 4.24. The van der Waals surface area contributed by atoms with Gasteiger partial charge in [-0.1, -0.05) is 0 Å². The summed E-state index contributed by atoms with van der Waals surface area (Å²) in [5.41, 5.74) is 1.95. The Morgan fingerprint density at radius 2 is 2.21 bits per heavy atom. The molecule has 3 rings (SSSR count).